The van der Waals surface area contributed by atoms with Gasteiger partial charge in [0.1, 0.15) is 5.56 Å². The van der Waals surface area contributed by atoms with Crippen molar-refractivity contribution >= 4 is 11.6 Å². The highest BCUT2D eigenvalue weighted by Gasteiger charge is 2.32. The molecule has 1 aliphatic rings. The van der Waals surface area contributed by atoms with Crippen molar-refractivity contribution in [3.63, 3.8) is 0 Å². The van der Waals surface area contributed by atoms with Crippen LogP contribution in [0.4, 0.5) is 18.9 Å². The van der Waals surface area contributed by atoms with Gasteiger partial charge in [0.15, 0.2) is 5.75 Å². The predicted molar refractivity (Wildman–Crippen MR) is 84.8 cm³/mol. The van der Waals surface area contributed by atoms with E-state index in [9.17, 15) is 22.8 Å². The van der Waals surface area contributed by atoms with Gasteiger partial charge in [-0.2, -0.15) is 0 Å². The molecule has 2 aromatic rings. The maximum Gasteiger partial charge on any atom is 0.573 e. The number of nitrogens with one attached hydrogen (secondary N) is 2. The highest BCUT2D eigenvalue weighted by Crippen LogP contribution is 2.30. The van der Waals surface area contributed by atoms with Crippen molar-refractivity contribution < 1.29 is 22.7 Å². The number of carbonyl (C=O) groups excluding carboxylic acids is 1. The van der Waals surface area contributed by atoms with Crippen LogP contribution in [0.5, 0.6) is 5.75 Å². The van der Waals surface area contributed by atoms with Crippen LogP contribution in [0, 0.1) is 0 Å². The first-order valence-corrected chi connectivity index (χ1v) is 7.75. The Labute approximate surface area is 140 Å². The second kappa shape index (κ2) is 6.62. The Morgan fingerprint density at radius 2 is 1.88 bits per heavy atom. The van der Waals surface area contributed by atoms with Gasteiger partial charge in [0.25, 0.3) is 11.5 Å². The van der Waals surface area contributed by atoms with Crippen molar-refractivity contribution in [2.24, 2.45) is 0 Å². The minimum absolute atomic E-state index is 0.137. The molecule has 25 heavy (non-hydrogen) atoms. The number of benzene rings is 1. The number of fused-ring (bicyclic) bond motifs is 1. The van der Waals surface area contributed by atoms with Crippen LogP contribution in [0.1, 0.15) is 34.5 Å². The molecular formula is C17H15F3N2O3. The van der Waals surface area contributed by atoms with Gasteiger partial charge in [-0.05, 0) is 49.4 Å². The van der Waals surface area contributed by atoms with Crippen LogP contribution >= 0.6 is 0 Å². The topological polar surface area (TPSA) is 71.2 Å². The normalized spacial score (nSPS) is 13.9. The number of pyridine rings is 1. The standard InChI is InChI=1S/C17H15F3N2O3/c18-17(19,20)25-14-8-4-3-7-13(14)22-16(24)11-9-10-5-1-2-6-12(10)21-15(11)23/h3-4,7-9H,1-2,5-6H2,(H,21,23)(H,22,24). The highest BCUT2D eigenvalue weighted by molar-refractivity contribution is 6.04. The van der Waals surface area contributed by atoms with Crippen molar-refractivity contribution in [1.29, 1.82) is 0 Å². The van der Waals surface area contributed by atoms with Crippen molar-refractivity contribution in [3.8, 4) is 5.75 Å². The zero-order valence-electron chi connectivity index (χ0n) is 13.1. The third-order valence-electron chi connectivity index (χ3n) is 3.94. The maximum absolute atomic E-state index is 12.4. The molecule has 0 fully saturated rings. The third-order valence-corrected chi connectivity index (χ3v) is 3.94. The molecule has 1 aliphatic carbocycles. The van der Waals surface area contributed by atoms with E-state index >= 15 is 0 Å². The van der Waals surface area contributed by atoms with E-state index in [4.69, 9.17) is 0 Å². The maximum atomic E-state index is 12.4. The number of H-pyrrole nitrogens is 1. The van der Waals surface area contributed by atoms with Gasteiger partial charge in [-0.15, -0.1) is 13.2 Å². The summed E-state index contributed by atoms with van der Waals surface area (Å²) in [6.45, 7) is 0. The van der Waals surface area contributed by atoms with Gasteiger partial charge in [0.2, 0.25) is 0 Å². The second-order valence-corrected chi connectivity index (χ2v) is 5.72. The van der Waals surface area contributed by atoms with E-state index < -0.39 is 23.6 Å². The van der Waals surface area contributed by atoms with E-state index in [1.165, 1.54) is 24.3 Å². The number of halogens is 3. The molecule has 0 spiro atoms. The lowest BCUT2D eigenvalue weighted by molar-refractivity contribution is -0.274. The molecule has 0 aliphatic heterocycles. The van der Waals surface area contributed by atoms with E-state index in [0.717, 1.165) is 43.0 Å². The number of aromatic nitrogens is 1. The Bertz CT molecular complexity index is 859. The number of anilines is 1. The summed E-state index contributed by atoms with van der Waals surface area (Å²) in [6.07, 6.45) is -1.46. The fraction of sp³-hybridized carbons (Fsp3) is 0.294. The summed E-state index contributed by atoms with van der Waals surface area (Å²) in [5.74, 6) is -1.33. The van der Waals surface area contributed by atoms with Crippen LogP contribution < -0.4 is 15.6 Å². The lowest BCUT2D eigenvalue weighted by atomic mass is 9.95. The average molecular weight is 352 g/mol. The van der Waals surface area contributed by atoms with Gasteiger partial charge in [-0.3, -0.25) is 9.59 Å². The van der Waals surface area contributed by atoms with Crippen molar-refractivity contribution in [2.75, 3.05) is 5.32 Å². The minimum Gasteiger partial charge on any atom is -0.404 e. The number of rotatable bonds is 3. The molecule has 0 bridgehead atoms. The van der Waals surface area contributed by atoms with Crippen LogP contribution in [0.25, 0.3) is 0 Å². The number of amides is 1. The van der Waals surface area contributed by atoms with Crippen LogP contribution in [0.15, 0.2) is 35.1 Å². The molecule has 1 aromatic heterocycles. The molecule has 0 unspecified atom stereocenters. The molecule has 0 radical (unpaired) electrons. The van der Waals surface area contributed by atoms with Crippen LogP contribution in [-0.2, 0) is 12.8 Å². The summed E-state index contributed by atoms with van der Waals surface area (Å²) in [5.41, 5.74) is 0.834. The zero-order valence-corrected chi connectivity index (χ0v) is 13.1. The first-order valence-electron chi connectivity index (χ1n) is 7.75. The minimum atomic E-state index is -4.88. The Morgan fingerprint density at radius 3 is 2.64 bits per heavy atom. The summed E-state index contributed by atoms with van der Waals surface area (Å²) in [6, 6.07) is 6.67. The Kier molecular flexibility index (Phi) is 4.52. The smallest absolute Gasteiger partial charge is 0.404 e. The van der Waals surface area contributed by atoms with Gasteiger partial charge >= 0.3 is 6.36 Å². The van der Waals surface area contributed by atoms with E-state index in [1.807, 2.05) is 0 Å². The number of carbonyl (C=O) groups is 1. The van der Waals surface area contributed by atoms with E-state index in [-0.39, 0.29) is 11.3 Å². The van der Waals surface area contributed by atoms with E-state index in [2.05, 4.69) is 15.0 Å². The largest absolute Gasteiger partial charge is 0.573 e. The lowest BCUT2D eigenvalue weighted by Gasteiger charge is -2.16. The van der Waals surface area contributed by atoms with E-state index in [0.29, 0.717) is 0 Å². The van der Waals surface area contributed by atoms with Gasteiger partial charge < -0.3 is 15.0 Å². The molecule has 0 saturated carbocycles. The van der Waals surface area contributed by atoms with E-state index in [1.54, 1.807) is 0 Å². The molecule has 1 aromatic carbocycles. The monoisotopic (exact) mass is 352 g/mol. The number of ether oxygens (including phenoxy) is 1. The molecule has 1 amide bonds. The third kappa shape index (κ3) is 4.01. The van der Waals surface area contributed by atoms with Gasteiger partial charge in [-0.25, -0.2) is 0 Å². The Balaban J connectivity index is 1.87. The molecule has 0 atom stereocenters. The first-order chi connectivity index (χ1) is 11.8. The van der Waals surface area contributed by atoms with Gasteiger partial charge in [-0.1, -0.05) is 12.1 Å². The average Bonchev–Trinajstić information content (AvgIpc) is 2.54. The molecule has 3 rings (SSSR count). The van der Waals surface area contributed by atoms with Crippen molar-refractivity contribution in [1.82, 2.24) is 4.98 Å². The van der Waals surface area contributed by atoms with Crippen LogP contribution in [-0.4, -0.2) is 17.3 Å². The Morgan fingerprint density at radius 1 is 1.16 bits per heavy atom. The highest BCUT2D eigenvalue weighted by atomic mass is 19.4. The molecule has 8 heteroatoms. The first kappa shape index (κ1) is 17.1. The summed E-state index contributed by atoms with van der Waals surface area (Å²) < 4.78 is 41.2. The molecule has 0 saturated heterocycles. The number of aromatic amines is 1. The SMILES string of the molecule is O=C(Nc1ccccc1OC(F)(F)F)c1cc2c([nH]c1=O)CCCC2. The second-order valence-electron chi connectivity index (χ2n) is 5.72. The molecule has 5 nitrogen and oxygen atoms in total. The van der Waals surface area contributed by atoms with Crippen LogP contribution in [0.3, 0.4) is 0 Å². The molecular weight excluding hydrogens is 337 g/mol. The summed E-state index contributed by atoms with van der Waals surface area (Å²) in [4.78, 5) is 27.2. The fourth-order valence-electron chi connectivity index (χ4n) is 2.82. The molecule has 2 N–H and O–H groups in total. The molecule has 1 heterocycles. The zero-order chi connectivity index (χ0) is 18.0. The number of hydrogen-bond acceptors (Lipinski definition) is 3. The summed E-state index contributed by atoms with van der Waals surface area (Å²) in [7, 11) is 0. The number of hydrogen-bond donors (Lipinski definition) is 2. The van der Waals surface area contributed by atoms with Crippen molar-refractivity contribution in [2.45, 2.75) is 32.0 Å². The fourth-order valence-corrected chi connectivity index (χ4v) is 2.82. The summed E-state index contributed by atoms with van der Waals surface area (Å²) >= 11 is 0. The lowest BCUT2D eigenvalue weighted by Crippen LogP contribution is -2.26. The number of alkyl halides is 3. The Hall–Kier alpha value is -2.77. The molecule has 132 valence electrons. The number of aryl methyl sites for hydroxylation is 2. The van der Waals surface area contributed by atoms with Crippen molar-refractivity contribution in [3.05, 3.63) is 57.5 Å². The quantitative estimate of drug-likeness (QED) is 0.889. The summed E-state index contributed by atoms with van der Waals surface area (Å²) in [5, 5.41) is 2.31. The van der Waals surface area contributed by atoms with Gasteiger partial charge in [0.05, 0.1) is 5.69 Å². The van der Waals surface area contributed by atoms with Crippen LogP contribution in [0.2, 0.25) is 0 Å². The number of para-hydroxylation sites is 2. The van der Waals surface area contributed by atoms with Gasteiger partial charge in [0, 0.05) is 5.69 Å². The predicted octanol–water partition coefficient (Wildman–Crippen LogP) is 3.40.